The average Bonchev–Trinajstić information content (AvgIpc) is 2.45. The van der Waals surface area contributed by atoms with E-state index in [1.807, 2.05) is 0 Å². The zero-order valence-electron chi connectivity index (χ0n) is 12.9. The number of hydrogen-bond donors (Lipinski definition) is 1. The van der Waals surface area contributed by atoms with Gasteiger partial charge in [-0.1, -0.05) is 36.8 Å². The first-order chi connectivity index (χ1) is 9.72. The summed E-state index contributed by atoms with van der Waals surface area (Å²) in [7, 11) is 0. The molecule has 1 saturated heterocycles. The summed E-state index contributed by atoms with van der Waals surface area (Å²) in [6, 6.07) is 9.31. The van der Waals surface area contributed by atoms with Crippen LogP contribution in [-0.2, 0) is 6.54 Å². The van der Waals surface area contributed by atoms with Crippen LogP contribution in [0.15, 0.2) is 24.3 Å². The molecule has 1 aromatic carbocycles. The Morgan fingerprint density at radius 3 is 2.60 bits per heavy atom. The van der Waals surface area contributed by atoms with E-state index in [2.05, 4.69) is 47.9 Å². The summed E-state index contributed by atoms with van der Waals surface area (Å²) in [6.07, 6.45) is 2.09. The number of aryl methyl sites for hydroxylation is 1. The molecule has 1 atom stereocenters. The number of rotatable bonds is 6. The minimum atomic E-state index is 0.287. The fraction of sp³-hybridized carbons (Fsp3) is 0.647. The van der Waals surface area contributed by atoms with Gasteiger partial charge in [-0.2, -0.15) is 0 Å². The van der Waals surface area contributed by atoms with Crippen molar-refractivity contribution in [2.45, 2.75) is 39.3 Å². The van der Waals surface area contributed by atoms with Crippen molar-refractivity contribution in [2.24, 2.45) is 0 Å². The van der Waals surface area contributed by atoms with Crippen LogP contribution in [-0.4, -0.2) is 53.7 Å². The van der Waals surface area contributed by atoms with E-state index in [0.29, 0.717) is 6.04 Å². The molecule has 0 aliphatic carbocycles. The lowest BCUT2D eigenvalue weighted by molar-refractivity contribution is 0.0539. The SMILES string of the molecule is CCCN1CCN(Cc2ccc(C)cc2)[C@@H](CCO)C1. The highest BCUT2D eigenvalue weighted by molar-refractivity contribution is 5.21. The van der Waals surface area contributed by atoms with Gasteiger partial charge in [-0.15, -0.1) is 0 Å². The minimum absolute atomic E-state index is 0.287. The summed E-state index contributed by atoms with van der Waals surface area (Å²) in [4.78, 5) is 5.07. The number of piperazine rings is 1. The van der Waals surface area contributed by atoms with E-state index in [9.17, 15) is 5.11 Å². The Morgan fingerprint density at radius 2 is 1.95 bits per heavy atom. The summed E-state index contributed by atoms with van der Waals surface area (Å²) in [6.45, 7) is 10.2. The number of benzene rings is 1. The smallest absolute Gasteiger partial charge is 0.0446 e. The molecule has 1 N–H and O–H groups in total. The number of nitrogens with zero attached hydrogens (tertiary/aromatic N) is 2. The second kappa shape index (κ2) is 7.77. The molecule has 1 fully saturated rings. The lowest BCUT2D eigenvalue weighted by Gasteiger charge is -2.41. The summed E-state index contributed by atoms with van der Waals surface area (Å²) in [5, 5.41) is 9.31. The van der Waals surface area contributed by atoms with Gasteiger partial charge in [0.1, 0.15) is 0 Å². The molecule has 0 bridgehead atoms. The zero-order chi connectivity index (χ0) is 14.4. The highest BCUT2D eigenvalue weighted by Crippen LogP contribution is 2.17. The second-order valence-corrected chi connectivity index (χ2v) is 5.92. The van der Waals surface area contributed by atoms with Gasteiger partial charge >= 0.3 is 0 Å². The molecule has 1 aromatic rings. The lowest BCUT2D eigenvalue weighted by Crippen LogP contribution is -2.53. The van der Waals surface area contributed by atoms with Gasteiger partial charge in [-0.3, -0.25) is 4.90 Å². The van der Waals surface area contributed by atoms with Crippen LogP contribution in [0.2, 0.25) is 0 Å². The van der Waals surface area contributed by atoms with E-state index in [1.54, 1.807) is 0 Å². The maximum Gasteiger partial charge on any atom is 0.0446 e. The Labute approximate surface area is 123 Å². The van der Waals surface area contributed by atoms with E-state index >= 15 is 0 Å². The highest BCUT2D eigenvalue weighted by Gasteiger charge is 2.25. The molecular formula is C17H28N2O. The van der Waals surface area contributed by atoms with Crippen molar-refractivity contribution in [3.05, 3.63) is 35.4 Å². The fourth-order valence-corrected chi connectivity index (χ4v) is 3.04. The number of aliphatic hydroxyl groups excluding tert-OH is 1. The van der Waals surface area contributed by atoms with Crippen molar-refractivity contribution in [2.75, 3.05) is 32.8 Å². The van der Waals surface area contributed by atoms with Crippen LogP contribution >= 0.6 is 0 Å². The summed E-state index contributed by atoms with van der Waals surface area (Å²) >= 11 is 0. The van der Waals surface area contributed by atoms with Gasteiger partial charge < -0.3 is 10.0 Å². The molecule has 2 rings (SSSR count). The zero-order valence-corrected chi connectivity index (χ0v) is 12.9. The van der Waals surface area contributed by atoms with Crippen molar-refractivity contribution in [1.82, 2.24) is 9.80 Å². The van der Waals surface area contributed by atoms with E-state index < -0.39 is 0 Å². The molecule has 0 radical (unpaired) electrons. The van der Waals surface area contributed by atoms with Crippen molar-refractivity contribution in [1.29, 1.82) is 0 Å². The van der Waals surface area contributed by atoms with Crippen LogP contribution < -0.4 is 0 Å². The molecule has 0 amide bonds. The van der Waals surface area contributed by atoms with E-state index in [4.69, 9.17) is 0 Å². The quantitative estimate of drug-likeness (QED) is 0.863. The molecule has 1 heterocycles. The first-order valence-electron chi connectivity index (χ1n) is 7.85. The summed E-state index contributed by atoms with van der Waals surface area (Å²) in [5.74, 6) is 0. The van der Waals surface area contributed by atoms with Crippen molar-refractivity contribution in [3.63, 3.8) is 0 Å². The second-order valence-electron chi connectivity index (χ2n) is 5.92. The molecule has 112 valence electrons. The van der Waals surface area contributed by atoms with Crippen LogP contribution in [0.25, 0.3) is 0 Å². The monoisotopic (exact) mass is 276 g/mol. The van der Waals surface area contributed by atoms with Crippen LogP contribution in [0.5, 0.6) is 0 Å². The normalized spacial score (nSPS) is 21.2. The molecule has 0 aromatic heterocycles. The van der Waals surface area contributed by atoms with E-state index in [1.165, 1.54) is 24.1 Å². The van der Waals surface area contributed by atoms with Crippen molar-refractivity contribution in [3.8, 4) is 0 Å². The Balaban J connectivity index is 1.96. The van der Waals surface area contributed by atoms with Gasteiger partial charge in [0.2, 0.25) is 0 Å². The largest absolute Gasteiger partial charge is 0.396 e. The molecule has 20 heavy (non-hydrogen) atoms. The molecule has 0 saturated carbocycles. The third-order valence-corrected chi connectivity index (χ3v) is 4.20. The van der Waals surface area contributed by atoms with Gasteiger partial charge in [0.15, 0.2) is 0 Å². The first-order valence-corrected chi connectivity index (χ1v) is 7.85. The van der Waals surface area contributed by atoms with Gasteiger partial charge in [-0.25, -0.2) is 0 Å². The Hall–Kier alpha value is -0.900. The Morgan fingerprint density at radius 1 is 1.20 bits per heavy atom. The topological polar surface area (TPSA) is 26.7 Å². The standard InChI is InChI=1S/C17H28N2O/c1-3-9-18-10-11-19(17(14-18)8-12-20)13-16-6-4-15(2)5-7-16/h4-7,17,20H,3,8-14H2,1-2H3/t17-/m0/s1. The van der Waals surface area contributed by atoms with Gasteiger partial charge in [0.25, 0.3) is 0 Å². The number of hydrogen-bond acceptors (Lipinski definition) is 3. The maximum atomic E-state index is 9.31. The van der Waals surface area contributed by atoms with Gasteiger partial charge in [0, 0.05) is 38.8 Å². The Bertz CT molecular complexity index is 390. The first kappa shape index (κ1) is 15.5. The predicted octanol–water partition coefficient (Wildman–Crippen LogP) is 2.27. The molecule has 3 nitrogen and oxygen atoms in total. The molecule has 0 spiro atoms. The average molecular weight is 276 g/mol. The van der Waals surface area contributed by atoms with Crippen LogP contribution in [0.3, 0.4) is 0 Å². The van der Waals surface area contributed by atoms with Crippen LogP contribution in [0.4, 0.5) is 0 Å². The van der Waals surface area contributed by atoms with Gasteiger partial charge in [-0.05, 0) is 31.9 Å². The highest BCUT2D eigenvalue weighted by atomic mass is 16.3. The van der Waals surface area contributed by atoms with Crippen molar-refractivity contribution < 1.29 is 5.11 Å². The molecule has 0 unspecified atom stereocenters. The molecule has 3 heteroatoms. The van der Waals surface area contributed by atoms with Crippen molar-refractivity contribution >= 4 is 0 Å². The molecule has 1 aliphatic heterocycles. The third kappa shape index (κ3) is 4.30. The Kier molecular flexibility index (Phi) is 6.02. The number of aliphatic hydroxyl groups is 1. The van der Waals surface area contributed by atoms with Crippen LogP contribution in [0, 0.1) is 6.92 Å². The fourth-order valence-electron chi connectivity index (χ4n) is 3.04. The van der Waals surface area contributed by atoms with E-state index in [0.717, 1.165) is 32.6 Å². The van der Waals surface area contributed by atoms with E-state index in [-0.39, 0.29) is 6.61 Å². The maximum absolute atomic E-state index is 9.31. The minimum Gasteiger partial charge on any atom is -0.396 e. The third-order valence-electron chi connectivity index (χ3n) is 4.20. The predicted molar refractivity (Wildman–Crippen MR) is 83.8 cm³/mol. The van der Waals surface area contributed by atoms with Gasteiger partial charge in [0.05, 0.1) is 0 Å². The summed E-state index contributed by atoms with van der Waals surface area (Å²) in [5.41, 5.74) is 2.69. The lowest BCUT2D eigenvalue weighted by atomic mass is 10.1. The summed E-state index contributed by atoms with van der Waals surface area (Å²) < 4.78 is 0. The molecule has 1 aliphatic rings. The van der Waals surface area contributed by atoms with Crippen LogP contribution in [0.1, 0.15) is 30.9 Å². The molecular weight excluding hydrogens is 248 g/mol.